The molecule has 0 saturated heterocycles. The maximum Gasteiger partial charge on any atom is 0.422 e. The maximum atomic E-state index is 12.7. The van der Waals surface area contributed by atoms with Crippen molar-refractivity contribution in [3.05, 3.63) is 41.6 Å². The molecular formula is C19H17F9N4O2S. The summed E-state index contributed by atoms with van der Waals surface area (Å²) in [6.07, 6.45) is -14.0. The predicted molar refractivity (Wildman–Crippen MR) is 110 cm³/mol. The molecule has 0 aliphatic heterocycles. The van der Waals surface area contributed by atoms with Crippen LogP contribution in [0, 0.1) is 0 Å². The zero-order valence-corrected chi connectivity index (χ0v) is 18.5. The third-order valence-electron chi connectivity index (χ3n) is 4.01. The quantitative estimate of drug-likeness (QED) is 0.276. The number of ether oxygens (including phenoxy) is 2. The summed E-state index contributed by atoms with van der Waals surface area (Å²) in [6, 6.07) is 4.94. The molecule has 194 valence electrons. The summed E-state index contributed by atoms with van der Waals surface area (Å²) in [4.78, 5) is 8.95. The molecule has 0 spiro atoms. The molecule has 16 heteroatoms. The molecule has 6 nitrogen and oxygen atoms in total. The summed E-state index contributed by atoms with van der Waals surface area (Å²) in [5.41, 5.74) is -0.661. The van der Waals surface area contributed by atoms with Gasteiger partial charge in [-0.15, -0.1) is 0 Å². The Morgan fingerprint density at radius 3 is 2.09 bits per heavy atom. The fraction of sp³-hybridized carbons (Fsp3) is 0.421. The molecule has 0 radical (unpaired) electrons. The lowest BCUT2D eigenvalue weighted by molar-refractivity contribution is -0.173. The molecule has 0 amide bonds. The first-order valence-electron chi connectivity index (χ1n) is 9.47. The topological polar surface area (TPSA) is 59.5 Å². The van der Waals surface area contributed by atoms with Crippen LogP contribution >= 0.6 is 12.2 Å². The number of thiocarbonyl (C=S) groups is 1. The minimum Gasteiger partial charge on any atom is -0.468 e. The minimum atomic E-state index is -4.69. The molecule has 35 heavy (non-hydrogen) atoms. The van der Waals surface area contributed by atoms with Crippen LogP contribution in [-0.2, 0) is 17.3 Å². The van der Waals surface area contributed by atoms with Crippen LogP contribution in [0.5, 0.6) is 5.88 Å². The Bertz CT molecular complexity index is 996. The largest absolute Gasteiger partial charge is 0.468 e. The Kier molecular flexibility index (Phi) is 9.11. The SMILES string of the molecule is CN(C(=S)Nc1nc(CCOCC(F)(F)F)cc(OCC(F)(F)F)n1)c1ccc(C(F)(F)F)cc1. The molecule has 2 rings (SSSR count). The van der Waals surface area contributed by atoms with Gasteiger partial charge in [-0.25, -0.2) is 4.98 Å². The molecule has 0 bridgehead atoms. The summed E-state index contributed by atoms with van der Waals surface area (Å²) in [5, 5.41) is 2.37. The fourth-order valence-corrected chi connectivity index (χ4v) is 2.62. The summed E-state index contributed by atoms with van der Waals surface area (Å²) < 4.78 is 121. The highest BCUT2D eigenvalue weighted by Crippen LogP contribution is 2.30. The Morgan fingerprint density at radius 2 is 1.54 bits per heavy atom. The van der Waals surface area contributed by atoms with Crippen molar-refractivity contribution in [2.75, 3.05) is 37.1 Å². The van der Waals surface area contributed by atoms with E-state index >= 15 is 0 Å². The van der Waals surface area contributed by atoms with E-state index in [1.54, 1.807) is 0 Å². The van der Waals surface area contributed by atoms with Gasteiger partial charge in [0.2, 0.25) is 11.8 Å². The van der Waals surface area contributed by atoms with Gasteiger partial charge in [0.25, 0.3) is 0 Å². The smallest absolute Gasteiger partial charge is 0.422 e. The second kappa shape index (κ2) is 11.2. The highest BCUT2D eigenvalue weighted by atomic mass is 32.1. The molecule has 1 heterocycles. The lowest BCUT2D eigenvalue weighted by Crippen LogP contribution is -2.31. The Morgan fingerprint density at radius 1 is 0.943 bits per heavy atom. The molecular weight excluding hydrogens is 519 g/mol. The van der Waals surface area contributed by atoms with E-state index in [4.69, 9.17) is 12.2 Å². The molecule has 1 aromatic carbocycles. The first-order chi connectivity index (χ1) is 16.0. The third-order valence-corrected chi connectivity index (χ3v) is 4.39. The van der Waals surface area contributed by atoms with E-state index in [1.165, 1.54) is 11.9 Å². The van der Waals surface area contributed by atoms with Crippen molar-refractivity contribution < 1.29 is 49.0 Å². The number of nitrogens with one attached hydrogen (secondary N) is 1. The number of nitrogens with zero attached hydrogens (tertiary/aromatic N) is 3. The molecule has 0 unspecified atom stereocenters. The van der Waals surface area contributed by atoms with Crippen LogP contribution in [0.15, 0.2) is 30.3 Å². The second-order valence-corrected chi connectivity index (χ2v) is 7.26. The lowest BCUT2D eigenvalue weighted by Gasteiger charge is -2.21. The average molecular weight is 536 g/mol. The van der Waals surface area contributed by atoms with Crippen molar-refractivity contribution in [2.45, 2.75) is 24.9 Å². The number of alkyl halides is 9. The zero-order valence-electron chi connectivity index (χ0n) is 17.7. The van der Waals surface area contributed by atoms with Crippen molar-refractivity contribution in [3.8, 4) is 5.88 Å². The van der Waals surface area contributed by atoms with Gasteiger partial charge in [0.1, 0.15) is 6.61 Å². The van der Waals surface area contributed by atoms with Crippen LogP contribution in [0.3, 0.4) is 0 Å². The van der Waals surface area contributed by atoms with Gasteiger partial charge in [0, 0.05) is 25.2 Å². The number of hydrogen-bond acceptors (Lipinski definition) is 5. The molecule has 1 aromatic heterocycles. The monoisotopic (exact) mass is 536 g/mol. The molecule has 1 N–H and O–H groups in total. The average Bonchev–Trinajstić information content (AvgIpc) is 2.73. The van der Waals surface area contributed by atoms with Crippen molar-refractivity contribution in [1.82, 2.24) is 9.97 Å². The molecule has 0 saturated carbocycles. The lowest BCUT2D eigenvalue weighted by atomic mass is 10.2. The van der Waals surface area contributed by atoms with Crippen LogP contribution in [0.2, 0.25) is 0 Å². The number of aromatic nitrogens is 2. The van der Waals surface area contributed by atoms with Gasteiger partial charge in [0.15, 0.2) is 11.7 Å². The van der Waals surface area contributed by atoms with Gasteiger partial charge in [-0.1, -0.05) is 0 Å². The third kappa shape index (κ3) is 10.1. The van der Waals surface area contributed by atoms with Crippen molar-refractivity contribution in [1.29, 1.82) is 0 Å². The number of anilines is 2. The van der Waals surface area contributed by atoms with E-state index < -0.39 is 49.8 Å². The number of halogens is 9. The van der Waals surface area contributed by atoms with Crippen molar-refractivity contribution >= 4 is 29.0 Å². The van der Waals surface area contributed by atoms with E-state index in [0.717, 1.165) is 30.3 Å². The first-order valence-corrected chi connectivity index (χ1v) is 9.88. The van der Waals surface area contributed by atoms with Gasteiger partial charge < -0.3 is 19.7 Å². The van der Waals surface area contributed by atoms with Crippen LogP contribution in [-0.4, -0.2) is 54.3 Å². The molecule has 0 fully saturated rings. The van der Waals surface area contributed by atoms with Gasteiger partial charge in [-0.05, 0) is 36.5 Å². The van der Waals surface area contributed by atoms with Gasteiger partial charge in [-0.3, -0.25) is 0 Å². The number of hydrogen-bond donors (Lipinski definition) is 1. The minimum absolute atomic E-state index is 0.0122. The standard InChI is InChI=1S/C19H17F9N4O2S/c1-32(13-4-2-11(3-5-13)19(26,27)28)16(35)31-15-29-12(6-7-33-9-17(20,21)22)8-14(30-15)34-10-18(23,24)25/h2-5,8H,6-7,9-10H2,1H3,(H,29,30,31,35). The number of benzene rings is 1. The second-order valence-electron chi connectivity index (χ2n) is 6.88. The van der Waals surface area contributed by atoms with Crippen LogP contribution < -0.4 is 15.0 Å². The van der Waals surface area contributed by atoms with Gasteiger partial charge in [-0.2, -0.15) is 44.5 Å². The van der Waals surface area contributed by atoms with Crippen LogP contribution in [0.25, 0.3) is 0 Å². The van der Waals surface area contributed by atoms with E-state index in [2.05, 4.69) is 24.8 Å². The zero-order chi connectivity index (χ0) is 26.4. The normalized spacial score (nSPS) is 12.4. The predicted octanol–water partition coefficient (Wildman–Crippen LogP) is 5.39. The van der Waals surface area contributed by atoms with Gasteiger partial charge >= 0.3 is 18.5 Å². The highest BCUT2D eigenvalue weighted by molar-refractivity contribution is 7.80. The van der Waals surface area contributed by atoms with E-state index in [-0.39, 0.29) is 28.9 Å². The summed E-state index contributed by atoms with van der Waals surface area (Å²) in [7, 11) is 1.40. The van der Waals surface area contributed by atoms with E-state index in [0.29, 0.717) is 0 Å². The van der Waals surface area contributed by atoms with Crippen molar-refractivity contribution in [2.24, 2.45) is 0 Å². The van der Waals surface area contributed by atoms with E-state index in [9.17, 15) is 39.5 Å². The molecule has 0 atom stereocenters. The Labute approximate surface area is 198 Å². The highest BCUT2D eigenvalue weighted by Gasteiger charge is 2.31. The number of rotatable bonds is 8. The maximum absolute atomic E-state index is 12.7. The summed E-state index contributed by atoms with van der Waals surface area (Å²) in [5.74, 6) is -0.884. The first kappa shape index (κ1) is 28.4. The Hall–Kier alpha value is -2.88. The molecule has 0 aliphatic carbocycles. The van der Waals surface area contributed by atoms with Gasteiger partial charge in [0.05, 0.1) is 17.9 Å². The fourth-order valence-electron chi connectivity index (χ4n) is 2.42. The molecule has 2 aromatic rings. The van der Waals surface area contributed by atoms with Crippen LogP contribution in [0.4, 0.5) is 51.1 Å². The summed E-state index contributed by atoms with van der Waals surface area (Å²) >= 11 is 5.15. The molecule has 0 aliphatic rings. The Balaban J connectivity index is 2.15. The summed E-state index contributed by atoms with van der Waals surface area (Å²) in [6.45, 7) is -3.67. The van der Waals surface area contributed by atoms with E-state index in [1.807, 2.05) is 0 Å². The van der Waals surface area contributed by atoms with Crippen LogP contribution in [0.1, 0.15) is 11.3 Å². The van der Waals surface area contributed by atoms with Crippen molar-refractivity contribution in [3.63, 3.8) is 0 Å².